The van der Waals surface area contributed by atoms with E-state index in [1.165, 1.54) is 0 Å². The highest BCUT2D eigenvalue weighted by atomic mass is 16.5. The summed E-state index contributed by atoms with van der Waals surface area (Å²) < 4.78 is 2.37. The molecule has 1 aliphatic carbocycles. The zero-order valence-electron chi connectivity index (χ0n) is 14.8. The minimum Gasteiger partial charge on any atom is -0.371 e. The van der Waals surface area contributed by atoms with Gasteiger partial charge in [-0.25, -0.2) is 4.79 Å². The Morgan fingerprint density at radius 3 is 2.35 bits per heavy atom. The maximum absolute atomic E-state index is 12.6. The van der Waals surface area contributed by atoms with Crippen molar-refractivity contribution in [2.45, 2.75) is 44.9 Å². The average molecular weight is 360 g/mol. The third kappa shape index (κ3) is 2.60. The van der Waals surface area contributed by atoms with Crippen molar-refractivity contribution in [3.63, 3.8) is 0 Å². The van der Waals surface area contributed by atoms with Gasteiger partial charge in [-0.2, -0.15) is 4.68 Å². The van der Waals surface area contributed by atoms with Crippen molar-refractivity contribution in [2.75, 3.05) is 23.8 Å². The number of aliphatic hydroxyl groups excluding tert-OH is 1. The highest BCUT2D eigenvalue weighted by Gasteiger charge is 2.30. The molecule has 2 heterocycles. The molecule has 0 atom stereocenters. The lowest BCUT2D eigenvalue weighted by atomic mass is 9.95. The molecule has 2 aromatic rings. The van der Waals surface area contributed by atoms with Crippen LogP contribution in [0.4, 0.5) is 5.69 Å². The predicted molar refractivity (Wildman–Crippen MR) is 98.8 cm³/mol. The summed E-state index contributed by atoms with van der Waals surface area (Å²) in [7, 11) is 0. The number of fused-ring (bicyclic) bond motifs is 1. The second kappa shape index (κ2) is 6.14. The van der Waals surface area contributed by atoms with Gasteiger partial charge >= 0.3 is 5.69 Å². The topological polar surface area (TPSA) is 114 Å². The molecule has 0 bridgehead atoms. The van der Waals surface area contributed by atoms with E-state index in [0.29, 0.717) is 41.5 Å². The quantitative estimate of drug-likeness (QED) is 0.526. The molecule has 2 fully saturated rings. The summed E-state index contributed by atoms with van der Waals surface area (Å²) in [6.45, 7) is 3.34. The van der Waals surface area contributed by atoms with Crippen molar-refractivity contribution in [1.82, 2.24) is 9.24 Å². The zero-order valence-corrected chi connectivity index (χ0v) is 14.8. The zero-order chi connectivity index (χ0) is 18.6. The second-order valence-electron chi connectivity index (χ2n) is 7.40. The van der Waals surface area contributed by atoms with Crippen LogP contribution in [0.1, 0.15) is 37.3 Å². The van der Waals surface area contributed by atoms with Gasteiger partial charge in [0.2, 0.25) is 0 Å². The van der Waals surface area contributed by atoms with Gasteiger partial charge in [0.25, 0.3) is 5.56 Å². The maximum atomic E-state index is 12.6. The number of nitrogens with two attached hydrogens (primary N) is 1. The van der Waals surface area contributed by atoms with Crippen LogP contribution in [0.2, 0.25) is 0 Å². The summed E-state index contributed by atoms with van der Waals surface area (Å²) in [4.78, 5) is 27.2. The van der Waals surface area contributed by atoms with Crippen LogP contribution in [0, 0.1) is 12.8 Å². The fourth-order valence-corrected chi connectivity index (χ4v) is 4.05. The number of aryl methyl sites for hydroxylation is 1. The summed E-state index contributed by atoms with van der Waals surface area (Å²) in [5.74, 6) is 5.59. The van der Waals surface area contributed by atoms with Crippen LogP contribution in [-0.2, 0) is 0 Å². The largest absolute Gasteiger partial charge is 0.371 e. The number of piperidine rings is 1. The van der Waals surface area contributed by atoms with Crippen molar-refractivity contribution in [3.8, 4) is 0 Å². The van der Waals surface area contributed by atoms with Gasteiger partial charge in [-0.05, 0) is 50.3 Å². The molecule has 26 heavy (non-hydrogen) atoms. The number of hydrogen-bond donors (Lipinski definition) is 3. The number of rotatable bonds is 3. The molecular formula is C18H24N4O4. The molecule has 8 heteroatoms. The predicted octanol–water partition coefficient (Wildman–Crippen LogP) is 0.0474. The fraction of sp³-hybridized carbons (Fsp3) is 0.556. The van der Waals surface area contributed by atoms with Crippen molar-refractivity contribution in [2.24, 2.45) is 5.92 Å². The first-order valence-corrected chi connectivity index (χ1v) is 9.07. The van der Waals surface area contributed by atoms with Gasteiger partial charge in [0.05, 0.1) is 10.9 Å². The molecule has 2 aliphatic rings. The Morgan fingerprint density at radius 1 is 1.12 bits per heavy atom. The molecule has 4 rings (SSSR count). The molecular weight excluding hydrogens is 336 g/mol. The van der Waals surface area contributed by atoms with E-state index in [9.17, 15) is 19.8 Å². The summed E-state index contributed by atoms with van der Waals surface area (Å²) in [5.41, 5.74) is 1.61. The van der Waals surface area contributed by atoms with E-state index in [2.05, 4.69) is 4.90 Å². The number of nitrogens with zero attached hydrogens (tertiary/aromatic N) is 3. The summed E-state index contributed by atoms with van der Waals surface area (Å²) >= 11 is 0. The lowest BCUT2D eigenvalue weighted by Crippen LogP contribution is -2.45. The minimum atomic E-state index is -1.28. The number of benzene rings is 1. The summed E-state index contributed by atoms with van der Waals surface area (Å²) in [5, 5.41) is 19.2. The van der Waals surface area contributed by atoms with E-state index in [1.807, 2.05) is 13.0 Å². The van der Waals surface area contributed by atoms with Gasteiger partial charge in [0, 0.05) is 30.7 Å². The summed E-state index contributed by atoms with van der Waals surface area (Å²) in [6.07, 6.45) is 1.93. The molecule has 1 saturated carbocycles. The Labute approximate surface area is 150 Å². The van der Waals surface area contributed by atoms with Crippen molar-refractivity contribution in [3.05, 3.63) is 38.5 Å². The molecule has 0 unspecified atom stereocenters. The van der Waals surface area contributed by atoms with E-state index in [-0.39, 0.29) is 12.0 Å². The van der Waals surface area contributed by atoms with Crippen LogP contribution < -0.4 is 22.0 Å². The molecule has 1 aromatic carbocycles. The van der Waals surface area contributed by atoms with Crippen LogP contribution in [0.25, 0.3) is 10.9 Å². The lowest BCUT2D eigenvalue weighted by Gasteiger charge is -2.35. The van der Waals surface area contributed by atoms with Crippen LogP contribution in [0.15, 0.2) is 21.7 Å². The second-order valence-corrected chi connectivity index (χ2v) is 7.40. The number of anilines is 1. The third-order valence-corrected chi connectivity index (χ3v) is 5.72. The van der Waals surface area contributed by atoms with E-state index in [0.717, 1.165) is 24.1 Å². The first-order chi connectivity index (χ1) is 12.4. The Kier molecular flexibility index (Phi) is 4.04. The first kappa shape index (κ1) is 17.1. The monoisotopic (exact) mass is 360 g/mol. The van der Waals surface area contributed by atoms with Crippen molar-refractivity contribution < 1.29 is 10.2 Å². The molecule has 0 amide bonds. The number of hydrogen-bond acceptors (Lipinski definition) is 6. The molecule has 1 aliphatic heterocycles. The van der Waals surface area contributed by atoms with Gasteiger partial charge in [-0.3, -0.25) is 9.36 Å². The van der Waals surface area contributed by atoms with Gasteiger partial charge < -0.3 is 21.0 Å². The standard InChI is InChI=1S/C18H24N4O4/c1-10-14(20-8-6-11(7-9-20)17(24)25)5-4-13-15(10)21(12-2-3-12)18(26)22(19)16(13)23/h4-5,11-12,17,24-25H,2-3,6-9,19H2,1H3. The Hall–Kier alpha value is -2.32. The van der Waals surface area contributed by atoms with Gasteiger partial charge in [0.15, 0.2) is 6.29 Å². The molecule has 140 valence electrons. The SMILES string of the molecule is Cc1c(N2CCC(C(O)O)CC2)ccc2c(=O)n(N)c(=O)n(C3CC3)c12. The van der Waals surface area contributed by atoms with Crippen LogP contribution in [0.3, 0.4) is 0 Å². The number of nitrogen functional groups attached to an aromatic ring is 1. The molecule has 0 radical (unpaired) electrons. The number of aliphatic hydroxyl groups is 2. The Balaban J connectivity index is 1.83. The van der Waals surface area contributed by atoms with Gasteiger partial charge in [-0.15, -0.1) is 0 Å². The number of aromatic nitrogens is 2. The molecule has 1 aromatic heterocycles. The van der Waals surface area contributed by atoms with E-state index < -0.39 is 17.5 Å². The first-order valence-electron chi connectivity index (χ1n) is 9.07. The smallest absolute Gasteiger partial charge is 0.350 e. The molecule has 0 spiro atoms. The van der Waals surface area contributed by atoms with Crippen molar-refractivity contribution >= 4 is 16.6 Å². The van der Waals surface area contributed by atoms with Gasteiger partial charge in [-0.1, -0.05) is 0 Å². The average Bonchev–Trinajstić information content (AvgIpc) is 3.46. The van der Waals surface area contributed by atoms with Crippen LogP contribution in [0.5, 0.6) is 0 Å². The van der Waals surface area contributed by atoms with E-state index in [1.54, 1.807) is 10.6 Å². The van der Waals surface area contributed by atoms with Crippen LogP contribution >= 0.6 is 0 Å². The minimum absolute atomic E-state index is 0.102. The maximum Gasteiger partial charge on any atom is 0.350 e. The fourth-order valence-electron chi connectivity index (χ4n) is 4.05. The van der Waals surface area contributed by atoms with E-state index >= 15 is 0 Å². The third-order valence-electron chi connectivity index (χ3n) is 5.72. The Morgan fingerprint density at radius 2 is 1.77 bits per heavy atom. The van der Waals surface area contributed by atoms with Crippen LogP contribution in [-0.4, -0.2) is 38.8 Å². The highest BCUT2D eigenvalue weighted by molar-refractivity contribution is 5.87. The van der Waals surface area contributed by atoms with E-state index in [4.69, 9.17) is 5.84 Å². The van der Waals surface area contributed by atoms with Crippen molar-refractivity contribution in [1.29, 1.82) is 0 Å². The molecule has 4 N–H and O–H groups in total. The van der Waals surface area contributed by atoms with Gasteiger partial charge in [0.1, 0.15) is 0 Å². The highest BCUT2D eigenvalue weighted by Crippen LogP contribution is 2.38. The molecule has 8 nitrogen and oxygen atoms in total. The normalized spacial score (nSPS) is 18.8. The molecule has 1 saturated heterocycles. The Bertz CT molecular complexity index is 966. The lowest BCUT2D eigenvalue weighted by molar-refractivity contribution is -0.0893. The summed E-state index contributed by atoms with van der Waals surface area (Å²) in [6, 6.07) is 3.75.